The van der Waals surface area contributed by atoms with Gasteiger partial charge in [-0.2, -0.15) is 0 Å². The van der Waals surface area contributed by atoms with E-state index in [9.17, 15) is 9.59 Å². The Hall–Kier alpha value is -2.38. The first-order valence-electron chi connectivity index (χ1n) is 12.5. The van der Waals surface area contributed by atoms with Crippen molar-refractivity contribution in [1.29, 1.82) is 0 Å². The molecule has 3 aliphatic heterocycles. The highest BCUT2D eigenvalue weighted by molar-refractivity contribution is 6.01. The molecule has 7 heteroatoms. The van der Waals surface area contributed by atoms with Crippen LogP contribution < -0.4 is 10.1 Å². The summed E-state index contributed by atoms with van der Waals surface area (Å²) in [5, 5.41) is 2.79. The Balaban J connectivity index is 1.23. The molecule has 1 aliphatic carbocycles. The minimum absolute atomic E-state index is 0.0693. The van der Waals surface area contributed by atoms with Crippen molar-refractivity contribution >= 4 is 11.8 Å². The first-order valence-corrected chi connectivity index (χ1v) is 12.5. The van der Waals surface area contributed by atoms with Gasteiger partial charge < -0.3 is 19.7 Å². The van der Waals surface area contributed by atoms with Crippen LogP contribution in [0.5, 0.6) is 5.75 Å². The van der Waals surface area contributed by atoms with Crippen LogP contribution in [0.25, 0.3) is 0 Å². The van der Waals surface area contributed by atoms with Crippen LogP contribution in [0.2, 0.25) is 0 Å². The Morgan fingerprint density at radius 3 is 2.70 bits per heavy atom. The van der Waals surface area contributed by atoms with Crippen LogP contribution in [-0.4, -0.2) is 65.6 Å². The van der Waals surface area contributed by atoms with Crippen LogP contribution in [0.15, 0.2) is 30.5 Å². The van der Waals surface area contributed by atoms with E-state index in [1.165, 1.54) is 12.8 Å². The average Bonchev–Trinajstić information content (AvgIpc) is 3.39. The summed E-state index contributed by atoms with van der Waals surface area (Å²) in [6.45, 7) is 9.28. The predicted molar refractivity (Wildman–Crippen MR) is 125 cm³/mol. The number of fused-ring (bicyclic) bond motifs is 1. The second kappa shape index (κ2) is 9.47. The fraction of sp³-hybridized carbons (Fsp3) is 0.615. The normalized spacial score (nSPS) is 28.8. The lowest BCUT2D eigenvalue weighted by Gasteiger charge is -2.38. The largest absolute Gasteiger partial charge is 0.489 e. The summed E-state index contributed by atoms with van der Waals surface area (Å²) in [6, 6.07) is 5.80. The van der Waals surface area contributed by atoms with Crippen molar-refractivity contribution in [2.75, 3.05) is 19.7 Å². The summed E-state index contributed by atoms with van der Waals surface area (Å²) in [7, 11) is 0. The third kappa shape index (κ3) is 4.53. The third-order valence-electron chi connectivity index (χ3n) is 7.66. The van der Waals surface area contributed by atoms with E-state index in [1.807, 2.05) is 18.2 Å². The van der Waals surface area contributed by atoms with Gasteiger partial charge in [-0.05, 0) is 75.6 Å². The molecule has 7 nitrogen and oxygen atoms in total. The molecule has 33 heavy (non-hydrogen) atoms. The van der Waals surface area contributed by atoms with Crippen molar-refractivity contribution in [1.82, 2.24) is 15.1 Å². The van der Waals surface area contributed by atoms with Gasteiger partial charge in [0, 0.05) is 43.5 Å². The van der Waals surface area contributed by atoms with Crippen LogP contribution >= 0.6 is 0 Å². The zero-order valence-electron chi connectivity index (χ0n) is 19.6. The monoisotopic (exact) mass is 453 g/mol. The van der Waals surface area contributed by atoms with Crippen LogP contribution in [-0.2, 0) is 16.1 Å². The van der Waals surface area contributed by atoms with E-state index in [0.29, 0.717) is 37.1 Å². The number of carbonyl (C=O) groups excluding carboxylic acids is 2. The molecule has 1 N–H and O–H groups in total. The zero-order chi connectivity index (χ0) is 22.9. The zero-order valence-corrected chi connectivity index (χ0v) is 19.6. The SMILES string of the molecule is C=C1CCC(N2Cc3cc(OC4CCCC4N4CCC(OCC)CC4)ccc3C2=O)C(=O)N1. The predicted octanol–water partition coefficient (Wildman–Crippen LogP) is 3.24. The molecule has 3 atom stereocenters. The fourth-order valence-electron chi connectivity index (χ4n) is 5.95. The molecule has 3 unspecified atom stereocenters. The number of ether oxygens (including phenoxy) is 2. The van der Waals surface area contributed by atoms with E-state index in [2.05, 4.69) is 23.7 Å². The van der Waals surface area contributed by atoms with Gasteiger partial charge in [0.25, 0.3) is 5.91 Å². The van der Waals surface area contributed by atoms with Gasteiger partial charge >= 0.3 is 0 Å². The molecule has 0 radical (unpaired) electrons. The quantitative estimate of drug-likeness (QED) is 0.716. The number of hydrogen-bond acceptors (Lipinski definition) is 5. The lowest BCUT2D eigenvalue weighted by Crippen LogP contribution is -2.49. The molecular formula is C26H35N3O4. The first kappa shape index (κ1) is 22.4. The molecule has 3 fully saturated rings. The van der Waals surface area contributed by atoms with Gasteiger partial charge in [-0.15, -0.1) is 0 Å². The van der Waals surface area contributed by atoms with Gasteiger partial charge in [0.1, 0.15) is 17.9 Å². The molecule has 2 saturated heterocycles. The number of hydrogen-bond donors (Lipinski definition) is 1. The topological polar surface area (TPSA) is 71.1 Å². The lowest BCUT2D eigenvalue weighted by molar-refractivity contribution is -0.126. The number of piperidine rings is 2. The van der Waals surface area contributed by atoms with Crippen LogP contribution in [0, 0.1) is 0 Å². The number of rotatable bonds is 6. The van der Waals surface area contributed by atoms with Gasteiger partial charge in [-0.1, -0.05) is 6.58 Å². The van der Waals surface area contributed by atoms with Gasteiger partial charge in [0.15, 0.2) is 0 Å². The number of amides is 2. The standard InChI is InChI=1S/C26H35N3O4/c1-3-32-19-11-13-28(14-12-19)22-5-4-6-24(22)33-20-8-9-21-18(15-20)16-29(26(21)31)23-10-7-17(2)27-25(23)30/h8-9,15,19,22-24H,2-7,10-14,16H2,1H3,(H,27,30). The van der Waals surface area contributed by atoms with Crippen LogP contribution in [0.1, 0.15) is 67.8 Å². The summed E-state index contributed by atoms with van der Waals surface area (Å²) in [6.07, 6.45) is 7.50. The summed E-state index contributed by atoms with van der Waals surface area (Å²) in [5.74, 6) is 0.622. The minimum Gasteiger partial charge on any atom is -0.489 e. The molecule has 1 saturated carbocycles. The Morgan fingerprint density at radius 1 is 1.12 bits per heavy atom. The van der Waals surface area contributed by atoms with Crippen molar-refractivity contribution in [3.63, 3.8) is 0 Å². The van der Waals surface area contributed by atoms with E-state index in [1.54, 1.807) is 4.90 Å². The maximum Gasteiger partial charge on any atom is 0.255 e. The van der Waals surface area contributed by atoms with Crippen molar-refractivity contribution in [2.24, 2.45) is 0 Å². The van der Waals surface area contributed by atoms with Crippen molar-refractivity contribution in [2.45, 2.75) is 82.7 Å². The van der Waals surface area contributed by atoms with E-state index >= 15 is 0 Å². The molecular weight excluding hydrogens is 418 g/mol. The Bertz CT molecular complexity index is 924. The number of benzene rings is 1. The molecule has 0 spiro atoms. The van der Waals surface area contributed by atoms with E-state index in [0.717, 1.165) is 56.0 Å². The van der Waals surface area contributed by atoms with Crippen molar-refractivity contribution < 1.29 is 19.1 Å². The van der Waals surface area contributed by atoms with Crippen LogP contribution in [0.4, 0.5) is 0 Å². The number of likely N-dealkylation sites (tertiary alicyclic amines) is 1. The van der Waals surface area contributed by atoms with Crippen LogP contribution in [0.3, 0.4) is 0 Å². The van der Waals surface area contributed by atoms with Gasteiger partial charge in [0.05, 0.1) is 6.10 Å². The second-order valence-corrected chi connectivity index (χ2v) is 9.74. The molecule has 2 amide bonds. The molecule has 4 aliphatic rings. The summed E-state index contributed by atoms with van der Waals surface area (Å²) in [5.41, 5.74) is 2.35. The van der Waals surface area contributed by atoms with E-state index in [-0.39, 0.29) is 17.9 Å². The molecule has 0 aromatic heterocycles. The maximum atomic E-state index is 13.0. The Labute approximate surface area is 196 Å². The van der Waals surface area contributed by atoms with Crippen molar-refractivity contribution in [3.05, 3.63) is 41.6 Å². The maximum absolute atomic E-state index is 13.0. The van der Waals surface area contributed by atoms with E-state index < -0.39 is 6.04 Å². The summed E-state index contributed by atoms with van der Waals surface area (Å²) in [4.78, 5) is 29.7. The molecule has 178 valence electrons. The average molecular weight is 454 g/mol. The van der Waals surface area contributed by atoms with Gasteiger partial charge in [0.2, 0.25) is 5.91 Å². The number of allylic oxidation sites excluding steroid dienone is 1. The molecule has 5 rings (SSSR count). The highest BCUT2D eigenvalue weighted by Gasteiger charge is 2.39. The summed E-state index contributed by atoms with van der Waals surface area (Å²) < 4.78 is 12.3. The molecule has 1 aromatic rings. The highest BCUT2D eigenvalue weighted by atomic mass is 16.5. The molecule has 1 aromatic carbocycles. The number of carbonyl (C=O) groups is 2. The first-order chi connectivity index (χ1) is 16.0. The molecule has 0 bridgehead atoms. The van der Waals surface area contributed by atoms with Gasteiger partial charge in [-0.3, -0.25) is 14.5 Å². The van der Waals surface area contributed by atoms with E-state index in [4.69, 9.17) is 9.47 Å². The fourth-order valence-corrected chi connectivity index (χ4v) is 5.95. The number of nitrogens with zero attached hydrogens (tertiary/aromatic N) is 2. The lowest BCUT2D eigenvalue weighted by atomic mass is 10.0. The number of nitrogens with one attached hydrogen (secondary N) is 1. The second-order valence-electron chi connectivity index (χ2n) is 9.74. The smallest absolute Gasteiger partial charge is 0.255 e. The minimum atomic E-state index is -0.432. The Morgan fingerprint density at radius 2 is 1.94 bits per heavy atom. The highest BCUT2D eigenvalue weighted by Crippen LogP contribution is 2.34. The van der Waals surface area contributed by atoms with Crippen molar-refractivity contribution in [3.8, 4) is 5.75 Å². The summed E-state index contributed by atoms with van der Waals surface area (Å²) >= 11 is 0. The molecule has 3 heterocycles. The van der Waals surface area contributed by atoms with Gasteiger partial charge in [-0.25, -0.2) is 0 Å². The third-order valence-corrected chi connectivity index (χ3v) is 7.66. The Kier molecular flexibility index (Phi) is 6.43.